The second-order valence-electron chi connectivity index (χ2n) is 10.7. The monoisotopic (exact) mass is 549 g/mol. The molecular formula is C37H19N5O. The number of pyridine rings is 1. The molecule has 0 bridgehead atoms. The van der Waals surface area contributed by atoms with Crippen LogP contribution in [0.4, 0.5) is 0 Å². The molecule has 0 unspecified atom stereocenters. The van der Waals surface area contributed by atoms with Gasteiger partial charge < -0.3 is 8.98 Å². The minimum Gasteiger partial charge on any atom is -0.456 e. The summed E-state index contributed by atoms with van der Waals surface area (Å²) in [6.45, 7) is 0. The quantitative estimate of drug-likeness (QED) is 0.215. The highest BCUT2D eigenvalue weighted by atomic mass is 16.3. The van der Waals surface area contributed by atoms with Crippen LogP contribution in [0.5, 0.6) is 0 Å². The van der Waals surface area contributed by atoms with E-state index in [0.29, 0.717) is 11.1 Å². The molecule has 0 amide bonds. The van der Waals surface area contributed by atoms with E-state index in [-0.39, 0.29) is 0 Å². The average molecular weight is 550 g/mol. The van der Waals surface area contributed by atoms with Crippen LogP contribution in [0.15, 0.2) is 120 Å². The maximum absolute atomic E-state index is 9.57. The Morgan fingerprint density at radius 3 is 1.74 bits per heavy atom. The zero-order valence-electron chi connectivity index (χ0n) is 22.6. The zero-order chi connectivity index (χ0) is 28.7. The van der Waals surface area contributed by atoms with Crippen molar-refractivity contribution in [3.63, 3.8) is 0 Å². The zero-order valence-corrected chi connectivity index (χ0v) is 22.6. The van der Waals surface area contributed by atoms with Gasteiger partial charge in [-0.1, -0.05) is 18.2 Å². The highest BCUT2D eigenvalue weighted by Gasteiger charge is 2.17. The summed E-state index contributed by atoms with van der Waals surface area (Å²) in [6.07, 6.45) is 1.83. The molecule has 0 fully saturated rings. The van der Waals surface area contributed by atoms with Crippen LogP contribution in [0.25, 0.3) is 77.1 Å². The van der Waals surface area contributed by atoms with Gasteiger partial charge in [-0.2, -0.15) is 10.5 Å². The predicted molar refractivity (Wildman–Crippen MR) is 170 cm³/mol. The van der Waals surface area contributed by atoms with Gasteiger partial charge in [0.2, 0.25) is 0 Å². The standard InChI is InChI=1S/C37H19N5O/c38-20-22-7-11-33-28(16-22)29-17-23(21-39)8-12-34(29)41(33)24-9-13-35-30(18-24)31-19-25(10-14-36(31)43-35)42-32-6-2-1-4-26(32)27-5-3-15-40-37(27)42/h1-19H. The first-order chi connectivity index (χ1) is 21.2. The van der Waals surface area contributed by atoms with E-state index in [9.17, 15) is 10.5 Å². The predicted octanol–water partition coefficient (Wildman–Crippen LogP) is 8.92. The minimum atomic E-state index is 0.581. The van der Waals surface area contributed by atoms with Crippen LogP contribution < -0.4 is 0 Å². The number of nitriles is 2. The van der Waals surface area contributed by atoms with Gasteiger partial charge >= 0.3 is 0 Å². The van der Waals surface area contributed by atoms with Gasteiger partial charge in [0.05, 0.1) is 39.8 Å². The molecular weight excluding hydrogens is 530 g/mol. The molecule has 43 heavy (non-hydrogen) atoms. The third kappa shape index (κ3) is 3.23. The van der Waals surface area contributed by atoms with Gasteiger partial charge in [0.25, 0.3) is 0 Å². The molecule has 6 nitrogen and oxygen atoms in total. The fraction of sp³-hybridized carbons (Fsp3) is 0. The fourth-order valence-electron chi connectivity index (χ4n) is 6.53. The lowest BCUT2D eigenvalue weighted by atomic mass is 10.1. The van der Waals surface area contributed by atoms with Crippen LogP contribution in [-0.2, 0) is 0 Å². The summed E-state index contributed by atoms with van der Waals surface area (Å²) < 4.78 is 10.7. The van der Waals surface area contributed by atoms with Crippen LogP contribution in [-0.4, -0.2) is 14.1 Å². The third-order valence-electron chi connectivity index (χ3n) is 8.41. The van der Waals surface area contributed by atoms with Crippen molar-refractivity contribution in [1.82, 2.24) is 14.1 Å². The maximum atomic E-state index is 9.57. The molecule has 4 aromatic heterocycles. The lowest BCUT2D eigenvalue weighted by molar-refractivity contribution is 0.669. The number of fused-ring (bicyclic) bond motifs is 9. The van der Waals surface area contributed by atoms with Crippen molar-refractivity contribution in [3.8, 4) is 23.5 Å². The van der Waals surface area contributed by atoms with Gasteiger partial charge in [0.15, 0.2) is 0 Å². The van der Waals surface area contributed by atoms with Crippen molar-refractivity contribution < 1.29 is 4.42 Å². The normalized spacial score (nSPS) is 11.7. The van der Waals surface area contributed by atoms with Crippen molar-refractivity contribution in [1.29, 1.82) is 10.5 Å². The van der Waals surface area contributed by atoms with Gasteiger partial charge in [-0.25, -0.2) is 4.98 Å². The molecule has 5 aromatic carbocycles. The molecule has 4 heterocycles. The molecule has 0 radical (unpaired) electrons. The fourth-order valence-corrected chi connectivity index (χ4v) is 6.53. The highest BCUT2D eigenvalue weighted by molar-refractivity contribution is 6.12. The first-order valence-electron chi connectivity index (χ1n) is 13.9. The summed E-state index contributed by atoms with van der Waals surface area (Å²) in [5.74, 6) is 0. The second-order valence-corrected chi connectivity index (χ2v) is 10.7. The minimum absolute atomic E-state index is 0.581. The summed E-state index contributed by atoms with van der Waals surface area (Å²) in [4.78, 5) is 4.75. The first-order valence-corrected chi connectivity index (χ1v) is 13.9. The van der Waals surface area contributed by atoms with Gasteiger partial charge in [0.1, 0.15) is 16.8 Å². The summed E-state index contributed by atoms with van der Waals surface area (Å²) in [7, 11) is 0. The van der Waals surface area contributed by atoms with Crippen molar-refractivity contribution in [2.24, 2.45) is 0 Å². The smallest absolute Gasteiger partial charge is 0.145 e. The number of hydrogen-bond donors (Lipinski definition) is 0. The molecule has 0 N–H and O–H groups in total. The Balaban J connectivity index is 1.31. The number of hydrogen-bond acceptors (Lipinski definition) is 4. The van der Waals surface area contributed by atoms with E-state index in [1.54, 1.807) is 0 Å². The van der Waals surface area contributed by atoms with Crippen LogP contribution in [0.2, 0.25) is 0 Å². The van der Waals surface area contributed by atoms with E-state index in [2.05, 4.69) is 75.9 Å². The number of aromatic nitrogens is 3. The topological polar surface area (TPSA) is 83.5 Å². The highest BCUT2D eigenvalue weighted by Crippen LogP contribution is 2.38. The molecule has 9 aromatic rings. The van der Waals surface area contributed by atoms with E-state index in [1.807, 2.05) is 60.8 Å². The van der Waals surface area contributed by atoms with Crippen molar-refractivity contribution >= 4 is 65.7 Å². The van der Waals surface area contributed by atoms with Gasteiger partial charge in [0, 0.05) is 49.9 Å². The van der Waals surface area contributed by atoms with E-state index in [1.165, 1.54) is 0 Å². The SMILES string of the molecule is N#Cc1ccc2c(c1)c1cc(C#N)ccc1n2-c1ccc2oc3ccc(-n4c5ccccc5c5cccnc54)cc3c2c1. The Hall–Kier alpha value is -6.37. The number of nitrogens with zero attached hydrogens (tertiary/aromatic N) is 5. The Labute approximate surface area is 244 Å². The molecule has 198 valence electrons. The summed E-state index contributed by atoms with van der Waals surface area (Å²) in [6, 6.07) is 40.9. The maximum Gasteiger partial charge on any atom is 0.145 e. The summed E-state index contributed by atoms with van der Waals surface area (Å²) in [5.41, 5.74) is 8.69. The first kappa shape index (κ1) is 23.3. The van der Waals surface area contributed by atoms with Crippen LogP contribution in [0, 0.1) is 22.7 Å². The molecule has 0 saturated carbocycles. The Bertz CT molecular complexity index is 2580. The molecule has 0 aliphatic rings. The number of furan rings is 1. The molecule has 0 aliphatic carbocycles. The van der Waals surface area contributed by atoms with E-state index >= 15 is 0 Å². The van der Waals surface area contributed by atoms with Gasteiger partial charge in [-0.05, 0) is 91.0 Å². The lowest BCUT2D eigenvalue weighted by Crippen LogP contribution is -1.95. The van der Waals surface area contributed by atoms with Crippen molar-refractivity contribution in [2.75, 3.05) is 0 Å². The summed E-state index contributed by atoms with van der Waals surface area (Å²) in [5, 5.41) is 25.3. The van der Waals surface area contributed by atoms with Crippen molar-refractivity contribution in [2.45, 2.75) is 0 Å². The third-order valence-corrected chi connectivity index (χ3v) is 8.41. The summed E-state index contributed by atoms with van der Waals surface area (Å²) >= 11 is 0. The molecule has 0 atom stereocenters. The Kier molecular flexibility index (Phi) is 4.65. The van der Waals surface area contributed by atoms with E-state index in [0.717, 1.165) is 77.1 Å². The largest absolute Gasteiger partial charge is 0.456 e. The van der Waals surface area contributed by atoms with E-state index in [4.69, 9.17) is 9.40 Å². The molecule has 0 spiro atoms. The lowest BCUT2D eigenvalue weighted by Gasteiger charge is -2.09. The molecule has 6 heteroatoms. The molecule has 0 aliphatic heterocycles. The van der Waals surface area contributed by atoms with Crippen LogP contribution in [0.3, 0.4) is 0 Å². The van der Waals surface area contributed by atoms with Gasteiger partial charge in [-0.15, -0.1) is 0 Å². The second kappa shape index (κ2) is 8.57. The number of rotatable bonds is 2. The number of para-hydroxylation sites is 1. The Morgan fingerprint density at radius 1 is 0.512 bits per heavy atom. The van der Waals surface area contributed by atoms with Crippen LogP contribution >= 0.6 is 0 Å². The molecule has 9 rings (SSSR count). The van der Waals surface area contributed by atoms with Crippen LogP contribution in [0.1, 0.15) is 11.1 Å². The van der Waals surface area contributed by atoms with E-state index < -0.39 is 0 Å². The molecule has 0 saturated heterocycles. The number of benzene rings is 5. The Morgan fingerprint density at radius 2 is 1.09 bits per heavy atom. The average Bonchev–Trinajstić information content (AvgIpc) is 3.71. The van der Waals surface area contributed by atoms with Crippen molar-refractivity contribution in [3.05, 3.63) is 127 Å². The van der Waals surface area contributed by atoms with Gasteiger partial charge in [-0.3, -0.25) is 4.57 Å².